The van der Waals surface area contributed by atoms with E-state index in [0.717, 1.165) is 0 Å². The molecule has 0 aliphatic heterocycles. The van der Waals surface area contributed by atoms with Crippen LogP contribution < -0.4 is 0 Å². The molecule has 1 heterocycles. The highest BCUT2D eigenvalue weighted by Gasteiger charge is 2.12. The first-order valence-electron chi connectivity index (χ1n) is 5.09. The van der Waals surface area contributed by atoms with Crippen LogP contribution in [0.25, 0.3) is 11.4 Å². The van der Waals surface area contributed by atoms with E-state index in [1.807, 2.05) is 0 Å². The zero-order valence-electron chi connectivity index (χ0n) is 8.86. The van der Waals surface area contributed by atoms with Gasteiger partial charge in [-0.25, -0.2) is 4.39 Å². The molecule has 17 heavy (non-hydrogen) atoms. The highest BCUT2D eigenvalue weighted by atomic mass is 35.5. The van der Waals surface area contributed by atoms with Crippen LogP contribution in [0.15, 0.2) is 22.7 Å². The largest absolute Gasteiger partial charge is 0.396 e. The normalized spacial score (nSPS) is 10.8. The SMILES string of the molecule is OCCCc1nc(-c2ccc(F)cc2Cl)no1. The minimum atomic E-state index is -0.414. The summed E-state index contributed by atoms with van der Waals surface area (Å²) in [5.74, 6) is 0.333. The van der Waals surface area contributed by atoms with Crippen molar-refractivity contribution in [2.45, 2.75) is 12.8 Å². The van der Waals surface area contributed by atoms with Crippen LogP contribution in [0.1, 0.15) is 12.3 Å². The molecule has 0 saturated carbocycles. The van der Waals surface area contributed by atoms with Gasteiger partial charge in [-0.05, 0) is 24.6 Å². The quantitative estimate of drug-likeness (QED) is 0.913. The second-order valence-corrected chi connectivity index (χ2v) is 3.87. The summed E-state index contributed by atoms with van der Waals surface area (Å²) in [5.41, 5.74) is 0.520. The first-order chi connectivity index (χ1) is 8.20. The molecule has 4 nitrogen and oxygen atoms in total. The molecule has 90 valence electrons. The number of hydrogen-bond donors (Lipinski definition) is 1. The van der Waals surface area contributed by atoms with Crippen LogP contribution in [0.4, 0.5) is 4.39 Å². The van der Waals surface area contributed by atoms with Crippen molar-refractivity contribution in [1.82, 2.24) is 10.1 Å². The van der Waals surface area contributed by atoms with Gasteiger partial charge in [0, 0.05) is 18.6 Å². The number of nitrogens with zero attached hydrogens (tertiary/aromatic N) is 2. The standard InChI is InChI=1S/C11H10ClFN2O2/c12-9-6-7(13)3-4-8(9)11-14-10(17-15-11)2-1-5-16/h3-4,6,16H,1-2,5H2. The topological polar surface area (TPSA) is 59.2 Å². The van der Waals surface area contributed by atoms with Gasteiger partial charge in [0.2, 0.25) is 11.7 Å². The molecule has 1 aromatic heterocycles. The number of benzene rings is 1. The molecular formula is C11H10ClFN2O2. The number of hydrogen-bond acceptors (Lipinski definition) is 4. The van der Waals surface area contributed by atoms with Gasteiger partial charge >= 0.3 is 0 Å². The highest BCUT2D eigenvalue weighted by Crippen LogP contribution is 2.26. The lowest BCUT2D eigenvalue weighted by molar-refractivity contribution is 0.278. The number of aliphatic hydroxyl groups excluding tert-OH is 1. The van der Waals surface area contributed by atoms with E-state index in [-0.39, 0.29) is 11.6 Å². The average molecular weight is 257 g/mol. The van der Waals surface area contributed by atoms with E-state index in [1.54, 1.807) is 0 Å². The molecular weight excluding hydrogens is 247 g/mol. The molecule has 6 heteroatoms. The molecule has 0 aliphatic rings. The van der Waals surface area contributed by atoms with E-state index in [2.05, 4.69) is 10.1 Å². The molecule has 0 radical (unpaired) electrons. The fraction of sp³-hybridized carbons (Fsp3) is 0.273. The monoisotopic (exact) mass is 256 g/mol. The van der Waals surface area contributed by atoms with Crippen LogP contribution in [0.3, 0.4) is 0 Å². The van der Waals surface area contributed by atoms with Gasteiger partial charge in [0.1, 0.15) is 5.82 Å². The number of aromatic nitrogens is 2. The second kappa shape index (κ2) is 5.25. The molecule has 0 saturated heterocycles. The summed E-state index contributed by atoms with van der Waals surface area (Å²) in [6.45, 7) is 0.0645. The molecule has 1 aromatic carbocycles. The van der Waals surface area contributed by atoms with Crippen molar-refractivity contribution in [3.8, 4) is 11.4 Å². The zero-order valence-corrected chi connectivity index (χ0v) is 9.62. The van der Waals surface area contributed by atoms with Gasteiger partial charge in [-0.3, -0.25) is 0 Å². The van der Waals surface area contributed by atoms with Crippen LogP contribution in [0.5, 0.6) is 0 Å². The van der Waals surface area contributed by atoms with Crippen molar-refractivity contribution in [2.24, 2.45) is 0 Å². The average Bonchev–Trinajstić information content (AvgIpc) is 2.75. The van der Waals surface area contributed by atoms with Crippen molar-refractivity contribution in [2.75, 3.05) is 6.61 Å². The zero-order chi connectivity index (χ0) is 12.3. The van der Waals surface area contributed by atoms with Crippen LogP contribution >= 0.6 is 11.6 Å². The Balaban J connectivity index is 2.24. The van der Waals surface area contributed by atoms with E-state index in [1.165, 1.54) is 18.2 Å². The number of halogens is 2. The Labute approximate surface area is 102 Å². The summed E-state index contributed by atoms with van der Waals surface area (Å²) in [5, 5.41) is 12.7. The first kappa shape index (κ1) is 12.0. The Hall–Kier alpha value is -1.46. The third-order valence-corrected chi connectivity index (χ3v) is 2.50. The maximum absolute atomic E-state index is 12.9. The Morgan fingerprint density at radius 1 is 1.41 bits per heavy atom. The lowest BCUT2D eigenvalue weighted by Crippen LogP contribution is -1.89. The van der Waals surface area contributed by atoms with Gasteiger partial charge in [-0.1, -0.05) is 16.8 Å². The second-order valence-electron chi connectivity index (χ2n) is 3.46. The van der Waals surface area contributed by atoms with Crippen molar-refractivity contribution in [3.05, 3.63) is 34.9 Å². The van der Waals surface area contributed by atoms with E-state index in [9.17, 15) is 4.39 Å². The predicted molar refractivity (Wildman–Crippen MR) is 60.1 cm³/mol. The Morgan fingerprint density at radius 2 is 2.24 bits per heavy atom. The molecule has 0 atom stereocenters. The van der Waals surface area contributed by atoms with E-state index in [4.69, 9.17) is 21.2 Å². The lowest BCUT2D eigenvalue weighted by atomic mass is 10.2. The fourth-order valence-electron chi connectivity index (χ4n) is 1.37. The third-order valence-electron chi connectivity index (χ3n) is 2.19. The number of aliphatic hydroxyl groups is 1. The molecule has 0 bridgehead atoms. The Kier molecular flexibility index (Phi) is 3.71. The maximum atomic E-state index is 12.9. The summed E-state index contributed by atoms with van der Waals surface area (Å²) in [6, 6.07) is 3.98. The van der Waals surface area contributed by atoms with Crippen molar-refractivity contribution in [3.63, 3.8) is 0 Å². The highest BCUT2D eigenvalue weighted by molar-refractivity contribution is 6.33. The molecule has 2 rings (SSSR count). The van der Waals surface area contributed by atoms with Gasteiger partial charge in [0.15, 0.2) is 0 Å². The van der Waals surface area contributed by atoms with Crippen LogP contribution in [0.2, 0.25) is 5.02 Å². The number of aryl methyl sites for hydroxylation is 1. The minimum absolute atomic E-state index is 0.0645. The van der Waals surface area contributed by atoms with Crippen LogP contribution in [0, 0.1) is 5.82 Å². The van der Waals surface area contributed by atoms with Crippen molar-refractivity contribution < 1.29 is 14.0 Å². The molecule has 2 aromatic rings. The molecule has 1 N–H and O–H groups in total. The first-order valence-corrected chi connectivity index (χ1v) is 5.47. The fourth-order valence-corrected chi connectivity index (χ4v) is 1.62. The van der Waals surface area contributed by atoms with Gasteiger partial charge in [-0.15, -0.1) is 0 Å². The van der Waals surface area contributed by atoms with Gasteiger partial charge in [-0.2, -0.15) is 4.98 Å². The van der Waals surface area contributed by atoms with E-state index < -0.39 is 5.82 Å². The van der Waals surface area contributed by atoms with Crippen molar-refractivity contribution in [1.29, 1.82) is 0 Å². The smallest absolute Gasteiger partial charge is 0.227 e. The minimum Gasteiger partial charge on any atom is -0.396 e. The Bertz CT molecular complexity index is 516. The molecule has 0 amide bonds. The maximum Gasteiger partial charge on any atom is 0.227 e. The van der Waals surface area contributed by atoms with E-state index in [0.29, 0.717) is 30.1 Å². The van der Waals surface area contributed by atoms with Gasteiger partial charge in [0.05, 0.1) is 5.02 Å². The summed E-state index contributed by atoms with van der Waals surface area (Å²) in [6.07, 6.45) is 1.06. The summed E-state index contributed by atoms with van der Waals surface area (Å²) >= 11 is 5.88. The summed E-state index contributed by atoms with van der Waals surface area (Å²) in [4.78, 5) is 4.11. The predicted octanol–water partition coefficient (Wildman–Crippen LogP) is 2.45. The number of rotatable bonds is 4. The summed E-state index contributed by atoms with van der Waals surface area (Å²) in [7, 11) is 0. The van der Waals surface area contributed by atoms with E-state index >= 15 is 0 Å². The molecule has 0 unspecified atom stereocenters. The van der Waals surface area contributed by atoms with Crippen molar-refractivity contribution >= 4 is 11.6 Å². The van der Waals surface area contributed by atoms with Gasteiger partial charge < -0.3 is 9.63 Å². The Morgan fingerprint density at radius 3 is 2.94 bits per heavy atom. The van der Waals surface area contributed by atoms with Gasteiger partial charge in [0.25, 0.3) is 0 Å². The van der Waals surface area contributed by atoms with Crippen LogP contribution in [-0.2, 0) is 6.42 Å². The molecule has 0 spiro atoms. The van der Waals surface area contributed by atoms with Crippen LogP contribution in [-0.4, -0.2) is 21.9 Å². The third kappa shape index (κ3) is 2.81. The lowest BCUT2D eigenvalue weighted by Gasteiger charge is -1.97. The summed E-state index contributed by atoms with van der Waals surface area (Å²) < 4.78 is 17.8. The molecule has 0 fully saturated rings. The molecule has 0 aliphatic carbocycles.